The number of carbonyl (C=O) groups excluding carboxylic acids is 1. The highest BCUT2D eigenvalue weighted by molar-refractivity contribution is 6.04. The largest absolute Gasteiger partial charge is 0.492 e. The zero-order valence-electron chi connectivity index (χ0n) is 14.0. The van der Waals surface area contributed by atoms with Gasteiger partial charge in [-0.15, -0.1) is 0 Å². The minimum atomic E-state index is -0.220. The van der Waals surface area contributed by atoms with E-state index in [-0.39, 0.29) is 12.0 Å². The zero-order valence-corrected chi connectivity index (χ0v) is 14.0. The lowest BCUT2D eigenvalue weighted by Gasteiger charge is -2.12. The zero-order chi connectivity index (χ0) is 17.4. The third-order valence-corrected chi connectivity index (χ3v) is 3.39. The molecule has 0 saturated heterocycles. The number of pyridine rings is 1. The van der Waals surface area contributed by atoms with Crippen LogP contribution in [0.2, 0.25) is 0 Å². The molecule has 24 heavy (non-hydrogen) atoms. The maximum absolute atomic E-state index is 12.3. The molecule has 1 aromatic carbocycles. The summed E-state index contributed by atoms with van der Waals surface area (Å²) in [5, 5.41) is 2.83. The summed E-state index contributed by atoms with van der Waals surface area (Å²) in [6.45, 7) is 4.91. The van der Waals surface area contributed by atoms with Crippen molar-refractivity contribution in [3.05, 3.63) is 48.2 Å². The Hall–Kier alpha value is -2.60. The van der Waals surface area contributed by atoms with E-state index >= 15 is 0 Å². The number of anilines is 1. The SMILES string of the molecule is CCC(C)Oc1cc(C(=O)Nc2ccc(OCCN)cc2)ccn1. The molecule has 2 aromatic rings. The lowest BCUT2D eigenvalue weighted by Crippen LogP contribution is -2.14. The number of ether oxygens (including phenoxy) is 2. The first kappa shape index (κ1) is 17.7. The minimum Gasteiger partial charge on any atom is -0.492 e. The normalized spacial score (nSPS) is 11.6. The van der Waals surface area contributed by atoms with E-state index in [1.54, 1.807) is 42.6 Å². The van der Waals surface area contributed by atoms with Gasteiger partial charge in [0.1, 0.15) is 12.4 Å². The average molecular weight is 329 g/mol. The van der Waals surface area contributed by atoms with Crippen LogP contribution < -0.4 is 20.5 Å². The third kappa shape index (κ3) is 5.24. The van der Waals surface area contributed by atoms with Crippen LogP contribution in [0.15, 0.2) is 42.6 Å². The highest BCUT2D eigenvalue weighted by atomic mass is 16.5. The number of nitrogens with two attached hydrogens (primary N) is 1. The number of nitrogens with one attached hydrogen (secondary N) is 1. The van der Waals surface area contributed by atoms with Crippen molar-refractivity contribution in [2.45, 2.75) is 26.4 Å². The molecule has 1 heterocycles. The Bertz CT molecular complexity index is 659. The fourth-order valence-corrected chi connectivity index (χ4v) is 1.92. The van der Waals surface area contributed by atoms with E-state index in [1.807, 2.05) is 13.8 Å². The van der Waals surface area contributed by atoms with Crippen molar-refractivity contribution in [3.8, 4) is 11.6 Å². The number of aromatic nitrogens is 1. The van der Waals surface area contributed by atoms with Crippen molar-refractivity contribution in [3.63, 3.8) is 0 Å². The molecular weight excluding hydrogens is 306 g/mol. The van der Waals surface area contributed by atoms with Crippen LogP contribution in [0.3, 0.4) is 0 Å². The number of nitrogens with zero attached hydrogens (tertiary/aromatic N) is 1. The topological polar surface area (TPSA) is 86.5 Å². The van der Waals surface area contributed by atoms with Gasteiger partial charge < -0.3 is 20.5 Å². The molecule has 0 fully saturated rings. The number of hydrogen-bond acceptors (Lipinski definition) is 5. The molecule has 1 unspecified atom stereocenters. The lowest BCUT2D eigenvalue weighted by molar-refractivity contribution is 0.102. The second-order valence-electron chi connectivity index (χ2n) is 5.34. The molecule has 0 aliphatic carbocycles. The summed E-state index contributed by atoms with van der Waals surface area (Å²) >= 11 is 0. The van der Waals surface area contributed by atoms with Gasteiger partial charge in [-0.3, -0.25) is 4.79 Å². The Morgan fingerprint density at radius 3 is 2.71 bits per heavy atom. The standard InChI is InChI=1S/C18H23N3O3/c1-3-13(2)24-17-12-14(8-10-20-17)18(22)21-15-4-6-16(7-5-15)23-11-9-19/h4-8,10,12-13H,3,9,11,19H2,1-2H3,(H,21,22). The number of rotatable bonds is 8. The predicted octanol–water partition coefficient (Wildman–Crippen LogP) is 2.85. The molecule has 1 aromatic heterocycles. The summed E-state index contributed by atoms with van der Waals surface area (Å²) in [4.78, 5) is 16.5. The first-order chi connectivity index (χ1) is 11.6. The lowest BCUT2D eigenvalue weighted by atomic mass is 10.2. The summed E-state index contributed by atoms with van der Waals surface area (Å²) in [5.74, 6) is 0.941. The van der Waals surface area contributed by atoms with E-state index in [0.717, 1.165) is 6.42 Å². The third-order valence-electron chi connectivity index (χ3n) is 3.39. The van der Waals surface area contributed by atoms with Gasteiger partial charge in [-0.05, 0) is 43.7 Å². The van der Waals surface area contributed by atoms with Crippen molar-refractivity contribution in [2.75, 3.05) is 18.5 Å². The predicted molar refractivity (Wildman–Crippen MR) is 93.6 cm³/mol. The fourth-order valence-electron chi connectivity index (χ4n) is 1.92. The summed E-state index contributed by atoms with van der Waals surface area (Å²) in [6.07, 6.45) is 2.49. The summed E-state index contributed by atoms with van der Waals surface area (Å²) in [5.41, 5.74) is 6.56. The highest BCUT2D eigenvalue weighted by Gasteiger charge is 2.09. The van der Waals surface area contributed by atoms with Crippen molar-refractivity contribution >= 4 is 11.6 Å². The molecule has 6 nitrogen and oxygen atoms in total. The first-order valence-electron chi connectivity index (χ1n) is 7.99. The van der Waals surface area contributed by atoms with Crippen LogP contribution in [0.25, 0.3) is 0 Å². The van der Waals surface area contributed by atoms with Crippen LogP contribution in [-0.4, -0.2) is 30.1 Å². The molecule has 128 valence electrons. The molecule has 0 radical (unpaired) electrons. The van der Waals surface area contributed by atoms with Gasteiger partial charge in [0.25, 0.3) is 5.91 Å². The first-order valence-corrected chi connectivity index (χ1v) is 7.99. The van der Waals surface area contributed by atoms with Gasteiger partial charge in [-0.25, -0.2) is 4.98 Å². The maximum Gasteiger partial charge on any atom is 0.255 e. The molecule has 1 atom stereocenters. The molecule has 1 amide bonds. The second-order valence-corrected chi connectivity index (χ2v) is 5.34. The molecule has 0 aliphatic rings. The monoisotopic (exact) mass is 329 g/mol. The molecule has 3 N–H and O–H groups in total. The van der Waals surface area contributed by atoms with E-state index in [0.29, 0.717) is 36.0 Å². The van der Waals surface area contributed by atoms with Crippen LogP contribution in [0.4, 0.5) is 5.69 Å². The van der Waals surface area contributed by atoms with Crippen LogP contribution in [0.5, 0.6) is 11.6 Å². The summed E-state index contributed by atoms with van der Waals surface area (Å²) in [7, 11) is 0. The van der Waals surface area contributed by atoms with Crippen molar-refractivity contribution in [1.82, 2.24) is 4.98 Å². The van der Waals surface area contributed by atoms with Gasteiger partial charge in [0.15, 0.2) is 0 Å². The van der Waals surface area contributed by atoms with Crippen LogP contribution >= 0.6 is 0 Å². The summed E-state index contributed by atoms with van der Waals surface area (Å²) in [6, 6.07) is 10.4. The number of hydrogen-bond donors (Lipinski definition) is 2. The maximum atomic E-state index is 12.3. The van der Waals surface area contributed by atoms with E-state index in [1.165, 1.54) is 0 Å². The Morgan fingerprint density at radius 1 is 1.29 bits per heavy atom. The van der Waals surface area contributed by atoms with Gasteiger partial charge in [0.2, 0.25) is 5.88 Å². The molecule has 0 spiro atoms. The van der Waals surface area contributed by atoms with Gasteiger partial charge in [0.05, 0.1) is 6.10 Å². The van der Waals surface area contributed by atoms with Gasteiger partial charge in [0, 0.05) is 30.1 Å². The minimum absolute atomic E-state index is 0.0527. The Morgan fingerprint density at radius 2 is 2.04 bits per heavy atom. The number of benzene rings is 1. The Kier molecular flexibility index (Phi) is 6.57. The van der Waals surface area contributed by atoms with Crippen molar-refractivity contribution in [1.29, 1.82) is 0 Å². The van der Waals surface area contributed by atoms with Crippen molar-refractivity contribution < 1.29 is 14.3 Å². The van der Waals surface area contributed by atoms with Gasteiger partial charge in [-0.2, -0.15) is 0 Å². The number of amides is 1. The molecule has 0 bridgehead atoms. The molecule has 0 aliphatic heterocycles. The van der Waals surface area contributed by atoms with Crippen LogP contribution in [0.1, 0.15) is 30.6 Å². The second kappa shape index (κ2) is 8.88. The van der Waals surface area contributed by atoms with Crippen LogP contribution in [-0.2, 0) is 0 Å². The smallest absolute Gasteiger partial charge is 0.255 e. The van der Waals surface area contributed by atoms with Gasteiger partial charge >= 0.3 is 0 Å². The van der Waals surface area contributed by atoms with Crippen molar-refractivity contribution in [2.24, 2.45) is 5.73 Å². The van der Waals surface area contributed by atoms with Gasteiger partial charge in [-0.1, -0.05) is 6.92 Å². The molecule has 2 rings (SSSR count). The van der Waals surface area contributed by atoms with E-state index in [2.05, 4.69) is 10.3 Å². The molecule has 0 saturated carbocycles. The van der Waals surface area contributed by atoms with Crippen LogP contribution in [0, 0.1) is 0 Å². The quantitative estimate of drug-likeness (QED) is 0.777. The Balaban J connectivity index is 2.00. The molecular formula is C18H23N3O3. The fraction of sp³-hybridized carbons (Fsp3) is 0.333. The molecule has 6 heteroatoms. The van der Waals surface area contributed by atoms with E-state index in [4.69, 9.17) is 15.2 Å². The highest BCUT2D eigenvalue weighted by Crippen LogP contribution is 2.18. The average Bonchev–Trinajstić information content (AvgIpc) is 2.61. The number of carbonyl (C=O) groups is 1. The van der Waals surface area contributed by atoms with E-state index < -0.39 is 0 Å². The van der Waals surface area contributed by atoms with E-state index in [9.17, 15) is 4.79 Å². The summed E-state index contributed by atoms with van der Waals surface area (Å²) < 4.78 is 11.0. The Labute approximate surface area is 142 Å².